The van der Waals surface area contributed by atoms with Crippen LogP contribution in [0.5, 0.6) is 0 Å². The Balaban J connectivity index is 2.13. The maximum Gasteiger partial charge on any atom is 0.268 e. The van der Waals surface area contributed by atoms with Crippen molar-refractivity contribution in [2.75, 3.05) is 13.2 Å². The second kappa shape index (κ2) is 5.27. The highest BCUT2D eigenvalue weighted by atomic mass is 32.1. The molecule has 1 heterocycles. The number of ether oxygens (including phenoxy) is 1. The molecule has 0 spiro atoms. The minimum atomic E-state index is 0.122. The van der Waals surface area contributed by atoms with Crippen LogP contribution in [0.3, 0.4) is 0 Å². The van der Waals surface area contributed by atoms with Gasteiger partial charge in [0, 0.05) is 19.8 Å². The SMILES string of the molecule is CCOCCCn1sc2ccccc2c1=O. The van der Waals surface area contributed by atoms with Gasteiger partial charge in [0.2, 0.25) is 0 Å². The number of rotatable bonds is 5. The number of hydrogen-bond acceptors (Lipinski definition) is 3. The van der Waals surface area contributed by atoms with E-state index in [0.29, 0.717) is 0 Å². The van der Waals surface area contributed by atoms with Crippen molar-refractivity contribution < 1.29 is 4.74 Å². The fraction of sp³-hybridized carbons (Fsp3) is 0.417. The van der Waals surface area contributed by atoms with Gasteiger partial charge in [0.05, 0.1) is 10.1 Å². The Morgan fingerprint density at radius 1 is 1.38 bits per heavy atom. The van der Waals surface area contributed by atoms with Crippen LogP contribution in [0.25, 0.3) is 10.1 Å². The van der Waals surface area contributed by atoms with Gasteiger partial charge >= 0.3 is 0 Å². The molecule has 86 valence electrons. The molecular formula is C12H15NO2S. The summed E-state index contributed by atoms with van der Waals surface area (Å²) in [5.41, 5.74) is 0.122. The first-order chi connectivity index (χ1) is 7.83. The van der Waals surface area contributed by atoms with Crippen LogP contribution >= 0.6 is 11.5 Å². The Bertz CT molecular complexity index is 515. The lowest BCUT2D eigenvalue weighted by molar-refractivity contribution is 0.142. The summed E-state index contributed by atoms with van der Waals surface area (Å²) in [7, 11) is 0. The third kappa shape index (κ3) is 2.33. The van der Waals surface area contributed by atoms with Gasteiger partial charge in [0.15, 0.2) is 0 Å². The number of aromatic nitrogens is 1. The lowest BCUT2D eigenvalue weighted by Gasteiger charge is -2.00. The van der Waals surface area contributed by atoms with Crippen molar-refractivity contribution in [2.45, 2.75) is 19.9 Å². The third-order valence-corrected chi connectivity index (χ3v) is 3.53. The molecule has 0 atom stereocenters. The molecular weight excluding hydrogens is 222 g/mol. The average Bonchev–Trinajstić information content (AvgIpc) is 2.63. The fourth-order valence-corrected chi connectivity index (χ4v) is 2.65. The molecule has 2 rings (SSSR count). The monoisotopic (exact) mass is 237 g/mol. The highest BCUT2D eigenvalue weighted by Gasteiger charge is 2.05. The lowest BCUT2D eigenvalue weighted by Crippen LogP contribution is -2.14. The minimum absolute atomic E-state index is 0.122. The molecule has 0 aliphatic carbocycles. The van der Waals surface area contributed by atoms with E-state index in [4.69, 9.17) is 4.74 Å². The molecule has 3 nitrogen and oxygen atoms in total. The molecule has 0 unspecified atom stereocenters. The molecule has 0 bridgehead atoms. The number of aryl methyl sites for hydroxylation is 1. The van der Waals surface area contributed by atoms with Crippen LogP contribution in [0.4, 0.5) is 0 Å². The molecule has 1 aromatic heterocycles. The van der Waals surface area contributed by atoms with Crippen molar-refractivity contribution in [3.63, 3.8) is 0 Å². The largest absolute Gasteiger partial charge is 0.382 e. The highest BCUT2D eigenvalue weighted by molar-refractivity contribution is 7.13. The van der Waals surface area contributed by atoms with Crippen molar-refractivity contribution in [1.29, 1.82) is 0 Å². The van der Waals surface area contributed by atoms with E-state index in [1.54, 1.807) is 0 Å². The van der Waals surface area contributed by atoms with Crippen LogP contribution in [0, 0.1) is 0 Å². The van der Waals surface area contributed by atoms with Crippen molar-refractivity contribution in [1.82, 2.24) is 3.96 Å². The van der Waals surface area contributed by atoms with E-state index in [9.17, 15) is 4.79 Å². The first-order valence-corrected chi connectivity index (χ1v) is 6.27. The van der Waals surface area contributed by atoms with Gasteiger partial charge in [-0.1, -0.05) is 23.7 Å². The fourth-order valence-electron chi connectivity index (χ4n) is 1.62. The van der Waals surface area contributed by atoms with Crippen molar-refractivity contribution >= 4 is 21.6 Å². The number of fused-ring (bicyclic) bond motifs is 1. The zero-order valence-electron chi connectivity index (χ0n) is 9.31. The zero-order valence-corrected chi connectivity index (χ0v) is 10.1. The van der Waals surface area contributed by atoms with Crippen LogP contribution < -0.4 is 5.56 Å². The molecule has 2 aromatic rings. The molecule has 0 N–H and O–H groups in total. The zero-order chi connectivity index (χ0) is 11.4. The number of hydrogen-bond donors (Lipinski definition) is 0. The summed E-state index contributed by atoms with van der Waals surface area (Å²) in [5.74, 6) is 0. The Morgan fingerprint density at radius 2 is 2.19 bits per heavy atom. The van der Waals surface area contributed by atoms with Gasteiger partial charge in [-0.25, -0.2) is 0 Å². The standard InChI is InChI=1S/C12H15NO2S/c1-2-15-9-5-8-13-12(14)10-6-3-4-7-11(10)16-13/h3-4,6-7H,2,5,8-9H2,1H3. The van der Waals surface area contributed by atoms with Gasteiger partial charge in [0.1, 0.15) is 0 Å². The first-order valence-electron chi connectivity index (χ1n) is 5.49. The van der Waals surface area contributed by atoms with Crippen LogP contribution in [0.15, 0.2) is 29.1 Å². The Labute approximate surface area is 98.4 Å². The summed E-state index contributed by atoms with van der Waals surface area (Å²) in [4.78, 5) is 11.9. The van der Waals surface area contributed by atoms with E-state index in [0.717, 1.165) is 36.3 Å². The van der Waals surface area contributed by atoms with E-state index in [1.165, 1.54) is 11.5 Å². The molecule has 0 amide bonds. The van der Waals surface area contributed by atoms with Gasteiger partial charge in [-0.2, -0.15) is 0 Å². The third-order valence-electron chi connectivity index (χ3n) is 2.41. The average molecular weight is 237 g/mol. The predicted molar refractivity (Wildman–Crippen MR) is 67.2 cm³/mol. The molecule has 0 saturated heterocycles. The Morgan fingerprint density at radius 3 is 2.94 bits per heavy atom. The molecule has 0 aliphatic rings. The number of nitrogens with zero attached hydrogens (tertiary/aromatic N) is 1. The second-order valence-electron chi connectivity index (χ2n) is 3.55. The molecule has 1 aromatic carbocycles. The quantitative estimate of drug-likeness (QED) is 0.748. The number of benzene rings is 1. The molecule has 16 heavy (non-hydrogen) atoms. The summed E-state index contributed by atoms with van der Waals surface area (Å²) in [5, 5.41) is 0.823. The predicted octanol–water partition coefficient (Wildman–Crippen LogP) is 2.49. The molecule has 0 aliphatic heterocycles. The highest BCUT2D eigenvalue weighted by Crippen LogP contribution is 2.15. The molecule has 0 radical (unpaired) electrons. The van der Waals surface area contributed by atoms with Gasteiger partial charge in [-0.3, -0.25) is 8.75 Å². The Kier molecular flexibility index (Phi) is 3.74. The maximum absolute atomic E-state index is 11.9. The van der Waals surface area contributed by atoms with Gasteiger partial charge in [-0.05, 0) is 25.5 Å². The summed E-state index contributed by atoms with van der Waals surface area (Å²) >= 11 is 1.53. The normalized spacial score (nSPS) is 11.1. The minimum Gasteiger partial charge on any atom is -0.382 e. The topological polar surface area (TPSA) is 31.2 Å². The van der Waals surface area contributed by atoms with Crippen molar-refractivity contribution in [3.8, 4) is 0 Å². The first kappa shape index (κ1) is 11.4. The molecule has 4 heteroatoms. The second-order valence-corrected chi connectivity index (χ2v) is 4.61. The van der Waals surface area contributed by atoms with Gasteiger partial charge < -0.3 is 4.74 Å². The van der Waals surface area contributed by atoms with Crippen molar-refractivity contribution in [3.05, 3.63) is 34.6 Å². The maximum atomic E-state index is 11.9. The van der Waals surface area contributed by atoms with E-state index in [2.05, 4.69) is 0 Å². The van der Waals surface area contributed by atoms with Crippen molar-refractivity contribution in [2.24, 2.45) is 0 Å². The van der Waals surface area contributed by atoms with E-state index in [1.807, 2.05) is 35.1 Å². The Hall–Kier alpha value is -1.13. The van der Waals surface area contributed by atoms with Crippen LogP contribution in [0.1, 0.15) is 13.3 Å². The van der Waals surface area contributed by atoms with Crippen LogP contribution in [0.2, 0.25) is 0 Å². The van der Waals surface area contributed by atoms with E-state index in [-0.39, 0.29) is 5.56 Å². The summed E-state index contributed by atoms with van der Waals surface area (Å²) in [6.07, 6.45) is 0.889. The molecule has 0 fully saturated rings. The van der Waals surface area contributed by atoms with Crippen LogP contribution in [-0.4, -0.2) is 17.2 Å². The van der Waals surface area contributed by atoms with E-state index < -0.39 is 0 Å². The van der Waals surface area contributed by atoms with Gasteiger partial charge in [-0.15, -0.1) is 0 Å². The smallest absolute Gasteiger partial charge is 0.268 e. The van der Waals surface area contributed by atoms with E-state index >= 15 is 0 Å². The van der Waals surface area contributed by atoms with Crippen LogP contribution in [-0.2, 0) is 11.3 Å². The molecule has 0 saturated carbocycles. The van der Waals surface area contributed by atoms with Gasteiger partial charge in [0.25, 0.3) is 5.56 Å². The summed E-state index contributed by atoms with van der Waals surface area (Å²) in [6, 6.07) is 7.73. The lowest BCUT2D eigenvalue weighted by atomic mass is 10.3. The summed E-state index contributed by atoms with van der Waals surface area (Å²) < 4.78 is 8.13. The summed E-state index contributed by atoms with van der Waals surface area (Å²) in [6.45, 7) is 4.18.